The van der Waals surface area contributed by atoms with E-state index in [-0.39, 0.29) is 29.9 Å². The Bertz CT molecular complexity index is 787. The zero-order valence-electron chi connectivity index (χ0n) is 13.6. The molecule has 0 bridgehead atoms. The van der Waals surface area contributed by atoms with E-state index in [1.54, 1.807) is 43.3 Å². The van der Waals surface area contributed by atoms with E-state index in [4.69, 9.17) is 5.73 Å². The minimum Gasteiger partial charge on any atom is -0.327 e. The van der Waals surface area contributed by atoms with E-state index in [1.165, 1.54) is 0 Å². The maximum absolute atomic E-state index is 12.3. The first kappa shape index (κ1) is 18.2. The number of nitrogens with one attached hydrogen (secondary N) is 1. The van der Waals surface area contributed by atoms with Gasteiger partial charge in [0.1, 0.15) is 0 Å². The van der Waals surface area contributed by atoms with Crippen LogP contribution >= 0.6 is 0 Å². The van der Waals surface area contributed by atoms with E-state index < -0.39 is 9.84 Å². The Hall–Kier alpha value is -2.18. The third-order valence-corrected chi connectivity index (χ3v) is 4.88. The molecular formula is C18H22N2O3S. The molecule has 1 amide bonds. The van der Waals surface area contributed by atoms with Crippen LogP contribution in [0.4, 0.5) is 5.69 Å². The lowest BCUT2D eigenvalue weighted by atomic mass is 10.2. The van der Waals surface area contributed by atoms with Gasteiger partial charge in [-0.1, -0.05) is 42.5 Å². The average Bonchev–Trinajstić information content (AvgIpc) is 2.46. The van der Waals surface area contributed by atoms with E-state index in [0.29, 0.717) is 11.3 Å². The molecule has 2 aromatic carbocycles. The summed E-state index contributed by atoms with van der Waals surface area (Å²) in [6, 6.07) is 15.7. The summed E-state index contributed by atoms with van der Waals surface area (Å²) in [5, 5.41) is 2.74. The van der Waals surface area contributed by atoms with Crippen molar-refractivity contribution in [1.82, 2.24) is 0 Å². The smallest absolute Gasteiger partial charge is 0.225 e. The number of sulfone groups is 1. The largest absolute Gasteiger partial charge is 0.327 e. The third kappa shape index (κ3) is 6.14. The Labute approximate surface area is 142 Å². The highest BCUT2D eigenvalue weighted by Crippen LogP contribution is 2.16. The molecule has 0 aliphatic carbocycles. The van der Waals surface area contributed by atoms with Crippen LogP contribution in [0.5, 0.6) is 0 Å². The molecule has 0 aromatic heterocycles. The number of nitrogens with two attached hydrogens (primary N) is 1. The molecule has 5 nitrogen and oxygen atoms in total. The van der Waals surface area contributed by atoms with Gasteiger partial charge in [-0.25, -0.2) is 8.42 Å². The van der Waals surface area contributed by atoms with Gasteiger partial charge in [0.05, 0.1) is 11.5 Å². The molecule has 1 unspecified atom stereocenters. The van der Waals surface area contributed by atoms with Gasteiger partial charge in [0.25, 0.3) is 0 Å². The number of hydrogen-bond donors (Lipinski definition) is 2. The summed E-state index contributed by atoms with van der Waals surface area (Å²) in [5.41, 5.74) is 7.58. The third-order valence-electron chi connectivity index (χ3n) is 3.33. The van der Waals surface area contributed by atoms with Crippen molar-refractivity contribution >= 4 is 21.4 Å². The first-order valence-electron chi connectivity index (χ1n) is 7.73. The van der Waals surface area contributed by atoms with E-state index in [1.807, 2.05) is 18.2 Å². The molecule has 128 valence electrons. The molecule has 0 fully saturated rings. The summed E-state index contributed by atoms with van der Waals surface area (Å²) in [6.45, 7) is 1.76. The monoisotopic (exact) mass is 346 g/mol. The lowest BCUT2D eigenvalue weighted by Gasteiger charge is -2.09. The predicted octanol–water partition coefficient (Wildman–Crippen LogP) is 2.48. The van der Waals surface area contributed by atoms with Crippen molar-refractivity contribution in [3.63, 3.8) is 0 Å². The fourth-order valence-electron chi connectivity index (χ4n) is 2.38. The second kappa shape index (κ2) is 8.08. The van der Waals surface area contributed by atoms with Crippen LogP contribution in [-0.2, 0) is 26.1 Å². The molecule has 1 atom stereocenters. The number of anilines is 1. The van der Waals surface area contributed by atoms with Crippen molar-refractivity contribution in [1.29, 1.82) is 0 Å². The minimum atomic E-state index is -3.28. The summed E-state index contributed by atoms with van der Waals surface area (Å²) in [4.78, 5) is 11.8. The molecule has 0 saturated carbocycles. The highest BCUT2D eigenvalue weighted by Gasteiger charge is 2.14. The normalized spacial score (nSPS) is 12.6. The fourth-order valence-corrected chi connectivity index (χ4v) is 3.87. The Morgan fingerprint density at radius 2 is 1.67 bits per heavy atom. The van der Waals surface area contributed by atoms with Crippen LogP contribution in [0, 0.1) is 0 Å². The molecule has 0 aliphatic rings. The quantitative estimate of drug-likeness (QED) is 0.806. The van der Waals surface area contributed by atoms with Gasteiger partial charge < -0.3 is 11.1 Å². The Kier molecular flexibility index (Phi) is 6.11. The van der Waals surface area contributed by atoms with Crippen LogP contribution in [0.3, 0.4) is 0 Å². The van der Waals surface area contributed by atoms with Crippen molar-refractivity contribution in [2.24, 2.45) is 5.73 Å². The minimum absolute atomic E-state index is 0.00485. The summed E-state index contributed by atoms with van der Waals surface area (Å²) < 4.78 is 24.7. The Morgan fingerprint density at radius 3 is 2.33 bits per heavy atom. The average molecular weight is 346 g/mol. The number of benzene rings is 2. The topological polar surface area (TPSA) is 89.3 Å². The lowest BCUT2D eigenvalue weighted by Crippen LogP contribution is -2.24. The van der Waals surface area contributed by atoms with Crippen molar-refractivity contribution in [3.05, 3.63) is 65.7 Å². The number of carbonyl (C=O) groups is 1. The molecule has 2 aromatic rings. The molecular weight excluding hydrogens is 324 g/mol. The van der Waals surface area contributed by atoms with Gasteiger partial charge in [-0.05, 0) is 30.2 Å². The maximum Gasteiger partial charge on any atom is 0.225 e. The first-order chi connectivity index (χ1) is 11.3. The molecule has 3 N–H and O–H groups in total. The lowest BCUT2D eigenvalue weighted by molar-refractivity contribution is -0.116. The van der Waals surface area contributed by atoms with Crippen LogP contribution in [0.1, 0.15) is 24.5 Å². The number of rotatable bonds is 7. The standard InChI is InChI=1S/C18H22N2O3S/c1-14(19)10-18(21)20-17-9-5-8-16(11-17)13-24(22,23)12-15-6-3-2-4-7-15/h2-9,11,14H,10,12-13,19H2,1H3,(H,20,21). The summed E-state index contributed by atoms with van der Waals surface area (Å²) in [7, 11) is -3.28. The highest BCUT2D eigenvalue weighted by molar-refractivity contribution is 7.89. The molecule has 24 heavy (non-hydrogen) atoms. The molecule has 0 spiro atoms. The second-order valence-electron chi connectivity index (χ2n) is 5.95. The summed E-state index contributed by atoms with van der Waals surface area (Å²) in [5.74, 6) is -0.261. The van der Waals surface area contributed by atoms with Gasteiger partial charge in [-0.3, -0.25) is 4.79 Å². The van der Waals surface area contributed by atoms with E-state index >= 15 is 0 Å². The van der Waals surface area contributed by atoms with Gasteiger partial charge in [0.2, 0.25) is 5.91 Å². The SMILES string of the molecule is CC(N)CC(=O)Nc1cccc(CS(=O)(=O)Cc2ccccc2)c1. The van der Waals surface area contributed by atoms with Gasteiger partial charge in [0.15, 0.2) is 9.84 Å². The van der Waals surface area contributed by atoms with Crippen molar-refractivity contribution in [2.75, 3.05) is 5.32 Å². The van der Waals surface area contributed by atoms with Gasteiger partial charge in [0, 0.05) is 18.2 Å². The van der Waals surface area contributed by atoms with Gasteiger partial charge in [-0.15, -0.1) is 0 Å². The second-order valence-corrected chi connectivity index (χ2v) is 8.01. The van der Waals surface area contributed by atoms with Crippen LogP contribution < -0.4 is 11.1 Å². The van der Waals surface area contributed by atoms with E-state index in [0.717, 1.165) is 5.56 Å². The maximum atomic E-state index is 12.3. The zero-order valence-corrected chi connectivity index (χ0v) is 14.4. The van der Waals surface area contributed by atoms with Crippen LogP contribution in [0.15, 0.2) is 54.6 Å². The number of hydrogen-bond acceptors (Lipinski definition) is 4. The molecule has 0 saturated heterocycles. The molecule has 0 heterocycles. The Morgan fingerprint density at radius 1 is 1.04 bits per heavy atom. The van der Waals surface area contributed by atoms with Crippen molar-refractivity contribution in [2.45, 2.75) is 30.9 Å². The van der Waals surface area contributed by atoms with E-state index in [2.05, 4.69) is 5.32 Å². The number of carbonyl (C=O) groups excluding carboxylic acids is 1. The molecule has 6 heteroatoms. The van der Waals surface area contributed by atoms with Crippen LogP contribution in [0.2, 0.25) is 0 Å². The van der Waals surface area contributed by atoms with E-state index in [9.17, 15) is 13.2 Å². The van der Waals surface area contributed by atoms with Crippen LogP contribution in [0.25, 0.3) is 0 Å². The molecule has 0 aliphatic heterocycles. The van der Waals surface area contributed by atoms with Crippen molar-refractivity contribution < 1.29 is 13.2 Å². The molecule has 2 rings (SSSR count). The Balaban J connectivity index is 2.04. The van der Waals surface area contributed by atoms with Gasteiger partial charge in [-0.2, -0.15) is 0 Å². The van der Waals surface area contributed by atoms with Gasteiger partial charge >= 0.3 is 0 Å². The molecule has 0 radical (unpaired) electrons. The summed E-state index contributed by atoms with van der Waals surface area (Å²) >= 11 is 0. The van der Waals surface area contributed by atoms with Crippen molar-refractivity contribution in [3.8, 4) is 0 Å². The predicted molar refractivity (Wildman–Crippen MR) is 96.1 cm³/mol. The zero-order chi connectivity index (χ0) is 17.6. The van der Waals surface area contributed by atoms with Crippen LogP contribution in [-0.4, -0.2) is 20.4 Å². The summed E-state index contributed by atoms with van der Waals surface area (Å²) in [6.07, 6.45) is 0.219. The number of amides is 1. The highest BCUT2D eigenvalue weighted by atomic mass is 32.2. The fraction of sp³-hybridized carbons (Fsp3) is 0.278. The first-order valence-corrected chi connectivity index (χ1v) is 9.55.